The van der Waals surface area contributed by atoms with E-state index in [4.69, 9.17) is 0 Å². The van der Waals surface area contributed by atoms with Gasteiger partial charge in [-0.15, -0.1) is 10.2 Å². The van der Waals surface area contributed by atoms with Crippen molar-refractivity contribution >= 4 is 5.91 Å². The Morgan fingerprint density at radius 1 is 1.15 bits per heavy atom. The second-order valence-corrected chi connectivity index (χ2v) is 7.62. The second kappa shape index (κ2) is 7.68. The van der Waals surface area contributed by atoms with Gasteiger partial charge in [0.05, 0.1) is 12.1 Å². The zero-order valence-electron chi connectivity index (χ0n) is 15.8. The van der Waals surface area contributed by atoms with Gasteiger partial charge >= 0.3 is 0 Å². The van der Waals surface area contributed by atoms with Crippen LogP contribution >= 0.6 is 0 Å². The highest BCUT2D eigenvalue weighted by Gasteiger charge is 2.30. The summed E-state index contributed by atoms with van der Waals surface area (Å²) in [5.41, 5.74) is 0.367. The smallest absolute Gasteiger partial charge is 0.257 e. The van der Waals surface area contributed by atoms with E-state index in [9.17, 15) is 9.90 Å². The number of para-hydroxylation sites is 1. The Labute approximate surface area is 159 Å². The molecule has 4 rings (SSSR count). The first-order valence-corrected chi connectivity index (χ1v) is 9.81. The summed E-state index contributed by atoms with van der Waals surface area (Å²) in [4.78, 5) is 17.1. The molecule has 1 atom stereocenters. The van der Waals surface area contributed by atoms with Crippen LogP contribution in [0.4, 0.5) is 0 Å². The molecule has 1 amide bonds. The van der Waals surface area contributed by atoms with Crippen molar-refractivity contribution in [2.45, 2.75) is 38.1 Å². The van der Waals surface area contributed by atoms with E-state index in [-0.39, 0.29) is 17.6 Å². The van der Waals surface area contributed by atoms with Crippen LogP contribution in [0.1, 0.15) is 53.6 Å². The van der Waals surface area contributed by atoms with Crippen molar-refractivity contribution in [3.05, 3.63) is 41.5 Å². The van der Waals surface area contributed by atoms with Gasteiger partial charge in [-0.1, -0.05) is 12.1 Å². The zero-order chi connectivity index (χ0) is 18.8. The molecule has 3 heterocycles. The number of nitrogens with zero attached hydrogens (tertiary/aromatic N) is 5. The van der Waals surface area contributed by atoms with E-state index >= 15 is 0 Å². The Balaban J connectivity index is 1.47. The highest BCUT2D eigenvalue weighted by molar-refractivity contribution is 5.96. The van der Waals surface area contributed by atoms with E-state index in [1.807, 2.05) is 11.9 Å². The third-order valence-electron chi connectivity index (χ3n) is 5.77. The molecule has 27 heavy (non-hydrogen) atoms. The molecule has 1 N–H and O–H groups in total. The van der Waals surface area contributed by atoms with E-state index in [1.165, 1.54) is 12.8 Å². The normalized spacial score (nSPS) is 20.9. The largest absolute Gasteiger partial charge is 0.507 e. The molecule has 0 bridgehead atoms. The lowest BCUT2D eigenvalue weighted by molar-refractivity contribution is 0.0700. The predicted octanol–water partition coefficient (Wildman–Crippen LogP) is 2.14. The molecule has 2 aliphatic heterocycles. The van der Waals surface area contributed by atoms with Gasteiger partial charge in [0.1, 0.15) is 17.4 Å². The average Bonchev–Trinajstić information content (AvgIpc) is 3.32. The number of aromatic hydroxyl groups is 1. The molecule has 1 aromatic heterocycles. The molecule has 1 aromatic carbocycles. The Morgan fingerprint density at radius 3 is 2.70 bits per heavy atom. The highest BCUT2D eigenvalue weighted by atomic mass is 16.3. The van der Waals surface area contributed by atoms with Crippen LogP contribution in [-0.2, 0) is 13.6 Å². The maximum Gasteiger partial charge on any atom is 0.257 e. The summed E-state index contributed by atoms with van der Waals surface area (Å²) in [6.07, 6.45) is 4.45. The van der Waals surface area contributed by atoms with Crippen LogP contribution in [0.2, 0.25) is 0 Å². The molecule has 0 unspecified atom stereocenters. The fourth-order valence-electron chi connectivity index (χ4n) is 4.21. The lowest BCUT2D eigenvalue weighted by Gasteiger charge is -2.32. The van der Waals surface area contributed by atoms with Crippen LogP contribution in [0.25, 0.3) is 0 Å². The summed E-state index contributed by atoms with van der Waals surface area (Å²) >= 11 is 0. The molecule has 7 nitrogen and oxygen atoms in total. The first kappa shape index (κ1) is 18.0. The van der Waals surface area contributed by atoms with Crippen LogP contribution in [0, 0.1) is 0 Å². The minimum Gasteiger partial charge on any atom is -0.507 e. The third-order valence-corrected chi connectivity index (χ3v) is 5.77. The first-order chi connectivity index (χ1) is 13.1. The summed E-state index contributed by atoms with van der Waals surface area (Å²) in [6, 6.07) is 6.74. The van der Waals surface area contributed by atoms with E-state index in [0.717, 1.165) is 44.1 Å². The number of aromatic nitrogens is 3. The number of likely N-dealkylation sites (tertiary alicyclic amines) is 2. The lowest BCUT2D eigenvalue weighted by atomic mass is 9.96. The van der Waals surface area contributed by atoms with Crippen molar-refractivity contribution in [3.63, 3.8) is 0 Å². The van der Waals surface area contributed by atoms with Gasteiger partial charge in [0.2, 0.25) is 0 Å². The number of carbonyl (C=O) groups excluding carboxylic acids is 1. The van der Waals surface area contributed by atoms with E-state index < -0.39 is 0 Å². The zero-order valence-corrected chi connectivity index (χ0v) is 15.8. The minimum absolute atomic E-state index is 0.0381. The Morgan fingerprint density at radius 2 is 1.93 bits per heavy atom. The van der Waals surface area contributed by atoms with E-state index in [2.05, 4.69) is 19.7 Å². The van der Waals surface area contributed by atoms with Gasteiger partial charge in [-0.3, -0.25) is 9.69 Å². The first-order valence-electron chi connectivity index (χ1n) is 9.81. The number of phenolic OH excluding ortho intramolecular Hbond substituents is 1. The van der Waals surface area contributed by atoms with Crippen LogP contribution in [-0.4, -0.2) is 61.8 Å². The molecule has 144 valence electrons. The highest BCUT2D eigenvalue weighted by Crippen LogP contribution is 2.28. The number of amides is 1. The van der Waals surface area contributed by atoms with Crippen LogP contribution in [0.3, 0.4) is 0 Å². The molecule has 2 aliphatic rings. The van der Waals surface area contributed by atoms with Gasteiger partial charge in [-0.25, -0.2) is 0 Å². The molecule has 2 fully saturated rings. The van der Waals surface area contributed by atoms with E-state index in [0.29, 0.717) is 18.7 Å². The van der Waals surface area contributed by atoms with Crippen LogP contribution in [0.15, 0.2) is 24.3 Å². The number of benzene rings is 1. The number of hydrogen-bond donors (Lipinski definition) is 1. The van der Waals surface area contributed by atoms with Crippen molar-refractivity contribution in [1.29, 1.82) is 0 Å². The topological polar surface area (TPSA) is 74.5 Å². The summed E-state index contributed by atoms with van der Waals surface area (Å²) < 4.78 is 2.11. The molecule has 2 saturated heterocycles. The van der Waals surface area contributed by atoms with Crippen LogP contribution < -0.4 is 0 Å². The number of phenols is 1. The van der Waals surface area contributed by atoms with Gasteiger partial charge in [-0.05, 0) is 50.9 Å². The lowest BCUT2D eigenvalue weighted by Crippen LogP contribution is -2.39. The van der Waals surface area contributed by atoms with Crippen molar-refractivity contribution in [1.82, 2.24) is 24.6 Å². The quantitative estimate of drug-likeness (QED) is 0.894. The molecular weight excluding hydrogens is 342 g/mol. The van der Waals surface area contributed by atoms with Gasteiger partial charge in [0, 0.05) is 26.1 Å². The summed E-state index contributed by atoms with van der Waals surface area (Å²) in [5, 5.41) is 18.9. The summed E-state index contributed by atoms with van der Waals surface area (Å²) in [6.45, 7) is 4.44. The predicted molar refractivity (Wildman–Crippen MR) is 101 cm³/mol. The molecule has 0 aliphatic carbocycles. The van der Waals surface area contributed by atoms with Gasteiger partial charge < -0.3 is 14.6 Å². The summed E-state index contributed by atoms with van der Waals surface area (Å²) in [7, 11) is 2.03. The molecule has 0 radical (unpaired) electrons. The maximum absolute atomic E-state index is 12.8. The number of carbonyl (C=O) groups is 1. The summed E-state index contributed by atoms with van der Waals surface area (Å²) in [5.74, 6) is 2.06. The molecular formula is C20H27N5O2. The Bertz CT molecular complexity index is 812. The SMILES string of the molecule is Cn1c(CN2CCCC2)nnc1[C@@H]1CCCN(C(=O)c2ccccc2O)C1. The van der Waals surface area contributed by atoms with Crippen molar-refractivity contribution in [2.75, 3.05) is 26.2 Å². The van der Waals surface area contributed by atoms with Crippen molar-refractivity contribution in [2.24, 2.45) is 7.05 Å². The second-order valence-electron chi connectivity index (χ2n) is 7.62. The maximum atomic E-state index is 12.8. The van der Waals surface area contributed by atoms with Gasteiger partial charge in [-0.2, -0.15) is 0 Å². The molecule has 2 aromatic rings. The number of rotatable bonds is 4. The van der Waals surface area contributed by atoms with Crippen LogP contribution in [0.5, 0.6) is 5.75 Å². The fraction of sp³-hybridized carbons (Fsp3) is 0.550. The number of hydrogen-bond acceptors (Lipinski definition) is 5. The van der Waals surface area contributed by atoms with E-state index in [1.54, 1.807) is 24.3 Å². The average molecular weight is 369 g/mol. The molecule has 0 saturated carbocycles. The van der Waals surface area contributed by atoms with Gasteiger partial charge in [0.15, 0.2) is 0 Å². The van der Waals surface area contributed by atoms with Crippen molar-refractivity contribution < 1.29 is 9.90 Å². The standard InChI is InChI=1S/C20H27N5O2/c1-23-18(14-24-10-4-5-11-24)21-22-19(23)15-7-6-12-25(13-15)20(27)16-8-2-3-9-17(16)26/h2-3,8-9,15,26H,4-7,10-14H2,1H3/t15-/m1/s1. The number of piperidine rings is 1. The molecule has 7 heteroatoms. The minimum atomic E-state index is -0.114. The molecule has 0 spiro atoms. The Hall–Kier alpha value is -2.41. The monoisotopic (exact) mass is 369 g/mol. The fourth-order valence-corrected chi connectivity index (χ4v) is 4.21. The third kappa shape index (κ3) is 3.69. The van der Waals surface area contributed by atoms with Crippen molar-refractivity contribution in [3.8, 4) is 5.75 Å². The Kier molecular flexibility index (Phi) is 5.11. The van der Waals surface area contributed by atoms with Gasteiger partial charge in [0.25, 0.3) is 5.91 Å².